The highest BCUT2D eigenvalue weighted by molar-refractivity contribution is 7.92. The molecule has 0 radical (unpaired) electrons. The van der Waals surface area contributed by atoms with Gasteiger partial charge in [-0.3, -0.25) is 13.9 Å². The van der Waals surface area contributed by atoms with E-state index in [0.29, 0.717) is 49.7 Å². The van der Waals surface area contributed by atoms with Crippen molar-refractivity contribution >= 4 is 27.5 Å². The molecule has 8 nitrogen and oxygen atoms in total. The lowest BCUT2D eigenvalue weighted by Gasteiger charge is -2.31. The summed E-state index contributed by atoms with van der Waals surface area (Å²) in [7, 11) is -2.00. The predicted molar refractivity (Wildman–Crippen MR) is 148 cm³/mol. The zero-order chi connectivity index (χ0) is 27.4. The highest BCUT2D eigenvalue weighted by Gasteiger charge is 2.28. The van der Waals surface area contributed by atoms with Crippen LogP contribution in [-0.4, -0.2) is 64.2 Å². The summed E-state index contributed by atoms with van der Waals surface area (Å²) >= 11 is 0. The van der Waals surface area contributed by atoms with Crippen molar-refractivity contribution in [2.24, 2.45) is 5.92 Å². The number of hydrogen-bond acceptors (Lipinski definition) is 5. The molecule has 0 saturated carbocycles. The van der Waals surface area contributed by atoms with Gasteiger partial charge in [0.15, 0.2) is 0 Å². The van der Waals surface area contributed by atoms with Crippen molar-refractivity contribution in [3.63, 3.8) is 0 Å². The lowest BCUT2D eigenvalue weighted by Crippen LogP contribution is -2.50. The lowest BCUT2D eigenvalue weighted by atomic mass is 10.1. The first-order valence-corrected chi connectivity index (χ1v) is 14.6. The average molecular weight is 532 g/mol. The highest BCUT2D eigenvalue weighted by atomic mass is 32.2. The Kier molecular flexibility index (Phi) is 11.9. The lowest BCUT2D eigenvalue weighted by molar-refractivity contribution is -0.140. The molecule has 0 fully saturated rings. The number of hydrogen-bond donors (Lipinski definition) is 1. The third-order valence-corrected chi connectivity index (χ3v) is 7.26. The van der Waals surface area contributed by atoms with Gasteiger partial charge in [-0.25, -0.2) is 8.42 Å². The van der Waals surface area contributed by atoms with Crippen LogP contribution in [0, 0.1) is 5.92 Å². The maximum absolute atomic E-state index is 13.4. The van der Waals surface area contributed by atoms with Gasteiger partial charge in [-0.15, -0.1) is 0 Å². The van der Waals surface area contributed by atoms with Gasteiger partial charge < -0.3 is 15.0 Å². The second-order valence-corrected chi connectivity index (χ2v) is 11.4. The fraction of sp³-hybridized carbons (Fsp3) is 0.500. The van der Waals surface area contributed by atoms with Gasteiger partial charge >= 0.3 is 0 Å². The summed E-state index contributed by atoms with van der Waals surface area (Å²) in [4.78, 5) is 28.1. The van der Waals surface area contributed by atoms with Crippen molar-refractivity contribution in [3.8, 4) is 5.75 Å². The van der Waals surface area contributed by atoms with Gasteiger partial charge in [0.25, 0.3) is 0 Å². The number of sulfonamides is 1. The Bertz CT molecular complexity index is 1090. The van der Waals surface area contributed by atoms with Gasteiger partial charge in [-0.1, -0.05) is 51.1 Å². The van der Waals surface area contributed by atoms with Crippen molar-refractivity contribution in [2.45, 2.75) is 52.5 Å². The van der Waals surface area contributed by atoms with E-state index in [4.69, 9.17) is 4.74 Å². The van der Waals surface area contributed by atoms with Gasteiger partial charge in [0, 0.05) is 26.1 Å². The summed E-state index contributed by atoms with van der Waals surface area (Å²) in [5.41, 5.74) is 1.59. The quantitative estimate of drug-likeness (QED) is 0.377. The molecule has 0 spiro atoms. The smallest absolute Gasteiger partial charge is 0.242 e. The number of ether oxygens (including phenoxy) is 1. The number of nitrogens with zero attached hydrogens (tertiary/aromatic N) is 2. The van der Waals surface area contributed by atoms with E-state index in [2.05, 4.69) is 5.32 Å². The number of methoxy groups -OCH3 is 1. The molecule has 2 rings (SSSR count). The van der Waals surface area contributed by atoms with Gasteiger partial charge in [0.1, 0.15) is 11.8 Å². The van der Waals surface area contributed by atoms with E-state index in [9.17, 15) is 18.0 Å². The van der Waals surface area contributed by atoms with E-state index in [1.54, 1.807) is 36.3 Å². The largest absolute Gasteiger partial charge is 0.497 e. The first-order chi connectivity index (χ1) is 17.6. The van der Waals surface area contributed by atoms with Crippen molar-refractivity contribution in [2.75, 3.05) is 37.3 Å². The fourth-order valence-corrected chi connectivity index (χ4v) is 5.04. The average Bonchev–Trinajstić information content (AvgIpc) is 2.87. The van der Waals surface area contributed by atoms with E-state index in [1.165, 1.54) is 4.31 Å². The fourth-order valence-electron chi connectivity index (χ4n) is 4.07. The molecule has 0 heterocycles. The molecule has 9 heteroatoms. The maximum atomic E-state index is 13.4. The van der Waals surface area contributed by atoms with E-state index in [-0.39, 0.29) is 24.8 Å². The normalized spacial score (nSPS) is 12.2. The van der Waals surface area contributed by atoms with E-state index in [0.717, 1.165) is 11.8 Å². The van der Waals surface area contributed by atoms with E-state index >= 15 is 0 Å². The molecule has 0 saturated heterocycles. The summed E-state index contributed by atoms with van der Waals surface area (Å²) in [6.45, 7) is 7.05. The first-order valence-electron chi connectivity index (χ1n) is 12.8. The van der Waals surface area contributed by atoms with Crippen molar-refractivity contribution < 1.29 is 22.7 Å². The van der Waals surface area contributed by atoms with Gasteiger partial charge in [-0.05, 0) is 55.0 Å². The van der Waals surface area contributed by atoms with Crippen LogP contribution in [0.25, 0.3) is 0 Å². The minimum atomic E-state index is -3.55. The molecule has 0 aliphatic heterocycles. The van der Waals surface area contributed by atoms with Crippen molar-refractivity contribution in [1.29, 1.82) is 0 Å². The molecule has 1 atom stereocenters. The van der Waals surface area contributed by atoms with Crippen LogP contribution in [0.4, 0.5) is 5.69 Å². The van der Waals surface area contributed by atoms with Crippen LogP contribution in [0.5, 0.6) is 5.75 Å². The van der Waals surface area contributed by atoms with Crippen LogP contribution in [0.1, 0.15) is 45.6 Å². The SMILES string of the molecule is CCC(C(=O)NCC(C)C)N(CCc1ccccc1)C(=O)CCCN(c1ccc(OC)cc1)S(C)(=O)=O. The Morgan fingerprint density at radius 1 is 1.00 bits per heavy atom. The van der Waals surface area contributed by atoms with E-state index in [1.807, 2.05) is 51.1 Å². The summed E-state index contributed by atoms with van der Waals surface area (Å²) in [5, 5.41) is 2.96. The predicted octanol–water partition coefficient (Wildman–Crippen LogP) is 3.86. The summed E-state index contributed by atoms with van der Waals surface area (Å²) < 4.78 is 31.4. The molecular formula is C28H41N3O5S. The Morgan fingerprint density at radius 3 is 2.19 bits per heavy atom. The molecule has 37 heavy (non-hydrogen) atoms. The molecule has 0 bridgehead atoms. The zero-order valence-electron chi connectivity index (χ0n) is 22.6. The first kappa shape index (κ1) is 30.2. The van der Waals surface area contributed by atoms with Crippen LogP contribution in [0.2, 0.25) is 0 Å². The number of carbonyl (C=O) groups is 2. The summed E-state index contributed by atoms with van der Waals surface area (Å²) in [6, 6.07) is 16.0. The van der Waals surface area contributed by atoms with Crippen LogP contribution >= 0.6 is 0 Å². The molecule has 1 unspecified atom stereocenters. The minimum absolute atomic E-state index is 0.130. The molecule has 1 N–H and O–H groups in total. The Labute approximate surface area is 222 Å². The number of rotatable bonds is 15. The third kappa shape index (κ3) is 9.72. The van der Waals surface area contributed by atoms with Crippen molar-refractivity contribution in [1.82, 2.24) is 10.2 Å². The third-order valence-electron chi connectivity index (χ3n) is 6.07. The second kappa shape index (κ2) is 14.6. The topological polar surface area (TPSA) is 96.0 Å². The molecule has 2 amide bonds. The number of anilines is 1. The van der Waals surface area contributed by atoms with Crippen molar-refractivity contribution in [3.05, 3.63) is 60.2 Å². The highest BCUT2D eigenvalue weighted by Crippen LogP contribution is 2.22. The van der Waals surface area contributed by atoms with Gasteiger partial charge in [0.05, 0.1) is 19.1 Å². The Morgan fingerprint density at radius 2 is 1.65 bits per heavy atom. The molecular weight excluding hydrogens is 490 g/mol. The number of nitrogens with one attached hydrogen (secondary N) is 1. The standard InChI is InChI=1S/C28H41N3O5S/c1-6-26(28(33)29-21-22(2)3)30(20-18-23-11-8-7-9-12-23)27(32)13-10-19-31(37(5,34)35)24-14-16-25(36-4)17-15-24/h7-9,11-12,14-17,22,26H,6,10,13,18-21H2,1-5H3,(H,29,33). The zero-order valence-corrected chi connectivity index (χ0v) is 23.5. The van der Waals surface area contributed by atoms with Crippen LogP contribution in [0.3, 0.4) is 0 Å². The van der Waals surface area contributed by atoms with Crippen LogP contribution in [-0.2, 0) is 26.0 Å². The van der Waals surface area contributed by atoms with Crippen LogP contribution in [0.15, 0.2) is 54.6 Å². The summed E-state index contributed by atoms with van der Waals surface area (Å²) in [5.74, 6) is 0.608. The number of amides is 2. The van der Waals surface area contributed by atoms with Gasteiger partial charge in [-0.2, -0.15) is 0 Å². The molecule has 2 aromatic carbocycles. The Balaban J connectivity index is 2.14. The summed E-state index contributed by atoms with van der Waals surface area (Å²) in [6.07, 6.45) is 2.72. The minimum Gasteiger partial charge on any atom is -0.497 e. The molecule has 0 aliphatic rings. The molecule has 0 aliphatic carbocycles. The molecule has 2 aromatic rings. The Hall–Kier alpha value is -3.07. The monoisotopic (exact) mass is 531 g/mol. The number of benzene rings is 2. The second-order valence-electron chi connectivity index (χ2n) is 9.52. The molecule has 204 valence electrons. The number of carbonyl (C=O) groups excluding carboxylic acids is 2. The molecule has 0 aromatic heterocycles. The van der Waals surface area contributed by atoms with E-state index < -0.39 is 16.1 Å². The van der Waals surface area contributed by atoms with Crippen LogP contribution < -0.4 is 14.4 Å². The van der Waals surface area contributed by atoms with Gasteiger partial charge in [0.2, 0.25) is 21.8 Å². The maximum Gasteiger partial charge on any atom is 0.242 e.